The van der Waals surface area contributed by atoms with Crippen LogP contribution in [0.4, 0.5) is 5.69 Å². The highest BCUT2D eigenvalue weighted by molar-refractivity contribution is 6.76. The third-order valence-corrected chi connectivity index (χ3v) is 4.51. The van der Waals surface area contributed by atoms with Gasteiger partial charge in [0.25, 0.3) is 9.70 Å². The highest BCUT2D eigenvalue weighted by Crippen LogP contribution is 2.28. The van der Waals surface area contributed by atoms with E-state index in [1.165, 1.54) is 6.42 Å². The zero-order valence-corrected chi connectivity index (χ0v) is 16.2. The second-order valence-corrected chi connectivity index (χ2v) is 8.81. The number of hydrogen-bond acceptors (Lipinski definition) is 3. The molecule has 1 N–H and O–H groups in total. The van der Waals surface area contributed by atoms with Crippen LogP contribution in [0.3, 0.4) is 0 Å². The molecule has 134 valence electrons. The lowest BCUT2D eigenvalue weighted by Gasteiger charge is -2.34. The molecular formula is C17H23Cl3N2O2. The maximum atomic E-state index is 11.6. The summed E-state index contributed by atoms with van der Waals surface area (Å²) >= 11 is 16.6. The van der Waals surface area contributed by atoms with Gasteiger partial charge in [-0.1, -0.05) is 48.7 Å². The largest absolute Gasteiger partial charge is 0.492 e. The van der Waals surface area contributed by atoms with Crippen molar-refractivity contribution in [3.8, 4) is 5.75 Å². The predicted octanol–water partition coefficient (Wildman–Crippen LogP) is 4.35. The summed E-state index contributed by atoms with van der Waals surface area (Å²) in [6, 6.07) is 7.01. The predicted molar refractivity (Wildman–Crippen MR) is 100 cm³/mol. The van der Waals surface area contributed by atoms with Crippen LogP contribution in [0, 0.1) is 11.8 Å². The quantitative estimate of drug-likeness (QED) is 0.756. The Bertz CT molecular complexity index is 536. The number of carbonyl (C=O) groups is 1. The van der Waals surface area contributed by atoms with Crippen LogP contribution in [-0.4, -0.2) is 40.8 Å². The Morgan fingerprint density at radius 1 is 1.21 bits per heavy atom. The summed E-state index contributed by atoms with van der Waals surface area (Å²) in [7, 11) is 0. The summed E-state index contributed by atoms with van der Waals surface area (Å²) < 4.78 is 3.80. The Morgan fingerprint density at radius 2 is 1.79 bits per heavy atom. The lowest BCUT2D eigenvalue weighted by atomic mass is 9.92. The number of nitrogens with zero attached hydrogens (tertiary/aromatic N) is 1. The van der Waals surface area contributed by atoms with Crippen LogP contribution in [0.15, 0.2) is 24.3 Å². The van der Waals surface area contributed by atoms with Gasteiger partial charge in [0.05, 0.1) is 0 Å². The number of hydrogen-bond donors (Lipinski definition) is 1. The molecule has 1 amide bonds. The Kier molecular flexibility index (Phi) is 7.05. The number of piperidine rings is 1. The summed E-state index contributed by atoms with van der Waals surface area (Å²) in [4.78, 5) is 14.0. The molecule has 1 fully saturated rings. The van der Waals surface area contributed by atoms with Gasteiger partial charge in [0, 0.05) is 25.3 Å². The average molecular weight is 394 g/mol. The molecule has 24 heavy (non-hydrogen) atoms. The van der Waals surface area contributed by atoms with Gasteiger partial charge >= 0.3 is 0 Å². The van der Waals surface area contributed by atoms with Crippen LogP contribution in [-0.2, 0) is 4.79 Å². The molecule has 2 rings (SSSR count). The van der Waals surface area contributed by atoms with Gasteiger partial charge in [-0.15, -0.1) is 0 Å². The first kappa shape index (κ1) is 19.6. The van der Waals surface area contributed by atoms with E-state index >= 15 is 0 Å². The van der Waals surface area contributed by atoms with Gasteiger partial charge in [0.15, 0.2) is 0 Å². The highest BCUT2D eigenvalue weighted by Gasteiger charge is 2.30. The number of rotatable bonds is 5. The number of anilines is 1. The van der Waals surface area contributed by atoms with E-state index < -0.39 is 9.70 Å². The van der Waals surface area contributed by atoms with Crippen LogP contribution in [0.5, 0.6) is 5.75 Å². The van der Waals surface area contributed by atoms with Crippen LogP contribution in [0.2, 0.25) is 0 Å². The second-order valence-electron chi connectivity index (χ2n) is 6.53. The Morgan fingerprint density at radius 3 is 2.33 bits per heavy atom. The first-order valence-corrected chi connectivity index (χ1v) is 9.21. The van der Waals surface area contributed by atoms with Gasteiger partial charge in [-0.25, -0.2) is 0 Å². The lowest BCUT2D eigenvalue weighted by Crippen LogP contribution is -2.40. The van der Waals surface area contributed by atoms with Crippen LogP contribution in [0.1, 0.15) is 20.3 Å². The summed E-state index contributed by atoms with van der Waals surface area (Å²) in [5, 5.41) is 2.53. The van der Waals surface area contributed by atoms with Gasteiger partial charge < -0.3 is 10.1 Å². The van der Waals surface area contributed by atoms with Crippen LogP contribution < -0.4 is 10.1 Å². The molecule has 1 aliphatic rings. The van der Waals surface area contributed by atoms with Crippen LogP contribution >= 0.6 is 34.8 Å². The maximum Gasteiger partial charge on any atom is 0.276 e. The first-order valence-electron chi connectivity index (χ1n) is 8.07. The number of nitrogens with one attached hydrogen (secondary N) is 1. The van der Waals surface area contributed by atoms with Crippen molar-refractivity contribution < 1.29 is 9.53 Å². The second kappa shape index (κ2) is 8.61. The molecule has 0 spiro atoms. The topological polar surface area (TPSA) is 41.6 Å². The molecule has 0 aliphatic carbocycles. The number of likely N-dealkylation sites (tertiary alicyclic amines) is 1. The zero-order valence-electron chi connectivity index (χ0n) is 13.9. The molecule has 0 saturated carbocycles. The third-order valence-electron chi connectivity index (χ3n) is 3.99. The summed E-state index contributed by atoms with van der Waals surface area (Å²) in [5.41, 5.74) is 0.553. The molecule has 7 heteroatoms. The minimum absolute atomic E-state index is 0.553. The fourth-order valence-electron chi connectivity index (χ4n) is 3.10. The summed E-state index contributed by atoms with van der Waals surface area (Å²) in [6.45, 7) is 8.42. The van der Waals surface area contributed by atoms with E-state index in [4.69, 9.17) is 39.5 Å². The van der Waals surface area contributed by atoms with E-state index in [9.17, 15) is 4.79 Å². The van der Waals surface area contributed by atoms with Crippen LogP contribution in [0.25, 0.3) is 0 Å². The molecule has 1 aromatic carbocycles. The van der Waals surface area contributed by atoms with Crippen molar-refractivity contribution in [3.05, 3.63) is 24.3 Å². The van der Waals surface area contributed by atoms with Gasteiger partial charge in [-0.2, -0.15) is 0 Å². The fraction of sp³-hybridized carbons (Fsp3) is 0.588. The van der Waals surface area contributed by atoms with Crippen molar-refractivity contribution >= 4 is 46.4 Å². The molecule has 1 aromatic rings. The Balaban J connectivity index is 1.77. The van der Waals surface area contributed by atoms with Crippen molar-refractivity contribution in [2.24, 2.45) is 11.8 Å². The molecule has 0 bridgehead atoms. The molecule has 1 heterocycles. The van der Waals surface area contributed by atoms with E-state index in [2.05, 4.69) is 24.1 Å². The maximum absolute atomic E-state index is 11.6. The van der Waals surface area contributed by atoms with E-state index in [-0.39, 0.29) is 0 Å². The zero-order chi connectivity index (χ0) is 17.7. The van der Waals surface area contributed by atoms with Crippen molar-refractivity contribution in [2.75, 3.05) is 31.6 Å². The number of ether oxygens (including phenoxy) is 1. The molecule has 2 atom stereocenters. The molecule has 4 nitrogen and oxygen atoms in total. The highest BCUT2D eigenvalue weighted by atomic mass is 35.6. The van der Waals surface area contributed by atoms with Gasteiger partial charge in [0.1, 0.15) is 12.4 Å². The summed E-state index contributed by atoms with van der Waals surface area (Å²) in [5.74, 6) is 1.55. The third kappa shape index (κ3) is 6.32. The van der Waals surface area contributed by atoms with E-state index in [0.29, 0.717) is 12.3 Å². The minimum Gasteiger partial charge on any atom is -0.492 e. The SMILES string of the molecule is C[C@@H]1C[C@H](C)CN(CCOc2ccc(NC(=O)C(Cl)(Cl)Cl)cc2)C1. The van der Waals surface area contributed by atoms with Crippen molar-refractivity contribution in [1.82, 2.24) is 4.90 Å². The number of halogens is 3. The van der Waals surface area contributed by atoms with Gasteiger partial charge in [-0.05, 0) is 42.5 Å². The van der Waals surface area contributed by atoms with Gasteiger partial charge in [-0.3, -0.25) is 9.69 Å². The number of carbonyl (C=O) groups excluding carboxylic acids is 1. The lowest BCUT2D eigenvalue weighted by molar-refractivity contribution is -0.115. The van der Waals surface area contributed by atoms with E-state index in [1.54, 1.807) is 24.3 Å². The normalized spacial score (nSPS) is 22.2. The van der Waals surface area contributed by atoms with Crippen molar-refractivity contribution in [2.45, 2.75) is 24.1 Å². The smallest absolute Gasteiger partial charge is 0.276 e. The number of alkyl halides is 3. The van der Waals surface area contributed by atoms with Crippen molar-refractivity contribution in [3.63, 3.8) is 0 Å². The Hall–Kier alpha value is -0.680. The standard InChI is InChI=1S/C17H23Cl3N2O2/c1-12-9-13(2)11-22(10-12)7-8-24-15-5-3-14(4-6-15)21-16(23)17(18,19)20/h3-6,12-13H,7-11H2,1-2H3,(H,21,23)/t12-,13+. The molecule has 1 saturated heterocycles. The van der Waals surface area contributed by atoms with Gasteiger partial charge in [0.2, 0.25) is 0 Å². The summed E-state index contributed by atoms with van der Waals surface area (Å²) in [6.07, 6.45) is 1.30. The average Bonchev–Trinajstić information content (AvgIpc) is 2.47. The monoisotopic (exact) mass is 392 g/mol. The first-order chi connectivity index (χ1) is 11.2. The van der Waals surface area contributed by atoms with E-state index in [1.807, 2.05) is 0 Å². The molecule has 1 aliphatic heterocycles. The Labute approximate surface area is 158 Å². The van der Waals surface area contributed by atoms with Crippen molar-refractivity contribution in [1.29, 1.82) is 0 Å². The molecule has 0 radical (unpaired) electrons. The molecule has 0 unspecified atom stereocenters. The molecule has 0 aromatic heterocycles. The number of amides is 1. The minimum atomic E-state index is -1.97. The van der Waals surface area contributed by atoms with E-state index in [0.717, 1.165) is 37.2 Å². The molecular weight excluding hydrogens is 371 g/mol. The number of benzene rings is 1. The fourth-order valence-corrected chi connectivity index (χ4v) is 3.25.